The van der Waals surface area contributed by atoms with Crippen LogP contribution in [0, 0.1) is 0 Å². The van der Waals surface area contributed by atoms with Gasteiger partial charge in [0, 0.05) is 12.1 Å². The first-order valence-electron chi connectivity index (χ1n) is 11.4. The largest absolute Gasteiger partial charge is 0.494 e. The lowest BCUT2D eigenvalue weighted by molar-refractivity contribution is 0.00578. The zero-order valence-electron chi connectivity index (χ0n) is 19.5. The highest BCUT2D eigenvalue weighted by Crippen LogP contribution is 2.36. The summed E-state index contributed by atoms with van der Waals surface area (Å²) in [7, 11) is -4.17. The SMILES string of the molecule is CCc1cc(B2OC(C)(C)C(C)(C)O2)ccc1S(=O)(=O)N[C@H]1CCC[C@@H](n2cnnc2)C1. The quantitative estimate of drug-likeness (QED) is 0.666. The standard InChI is InChI=1S/C22H33BN4O4S/c1-6-16-12-17(23-30-21(2,3)22(4,5)31-23)10-11-20(16)32(28,29)26-18-8-7-9-19(13-18)27-14-24-25-15-27/h10-12,14-15,18-19,26H,6-9,13H2,1-5H3/t18-,19+/m0/s1. The molecule has 8 nitrogen and oxygen atoms in total. The first-order chi connectivity index (χ1) is 15.0. The van der Waals surface area contributed by atoms with Crippen LogP contribution in [0.3, 0.4) is 0 Å². The molecule has 1 aromatic carbocycles. The predicted molar refractivity (Wildman–Crippen MR) is 123 cm³/mol. The van der Waals surface area contributed by atoms with E-state index in [4.69, 9.17) is 9.31 Å². The van der Waals surface area contributed by atoms with E-state index in [1.807, 2.05) is 45.3 Å². The topological polar surface area (TPSA) is 95.3 Å². The van der Waals surface area contributed by atoms with Crippen molar-refractivity contribution >= 4 is 22.6 Å². The molecule has 1 saturated heterocycles. The Balaban J connectivity index is 1.52. The van der Waals surface area contributed by atoms with E-state index >= 15 is 0 Å². The van der Waals surface area contributed by atoms with Crippen LogP contribution in [-0.4, -0.2) is 47.5 Å². The van der Waals surface area contributed by atoms with Crippen LogP contribution in [0.5, 0.6) is 0 Å². The van der Waals surface area contributed by atoms with Crippen LogP contribution in [0.2, 0.25) is 0 Å². The van der Waals surface area contributed by atoms with Gasteiger partial charge in [-0.2, -0.15) is 0 Å². The Morgan fingerprint density at radius 3 is 2.41 bits per heavy atom. The molecule has 2 heterocycles. The minimum absolute atomic E-state index is 0.117. The zero-order valence-corrected chi connectivity index (χ0v) is 20.4. The normalized spacial score (nSPS) is 25.2. The maximum Gasteiger partial charge on any atom is 0.494 e. The van der Waals surface area contributed by atoms with Crippen LogP contribution in [0.15, 0.2) is 35.7 Å². The summed E-state index contributed by atoms with van der Waals surface area (Å²) in [4.78, 5) is 0.326. The van der Waals surface area contributed by atoms with Crippen molar-refractivity contribution in [3.8, 4) is 0 Å². The van der Waals surface area contributed by atoms with Crippen molar-refractivity contribution in [1.82, 2.24) is 19.5 Å². The number of hydrogen-bond donors (Lipinski definition) is 1. The highest BCUT2D eigenvalue weighted by molar-refractivity contribution is 7.89. The average Bonchev–Trinajstić information content (AvgIpc) is 3.34. The third-order valence-corrected chi connectivity index (χ3v) is 8.73. The van der Waals surface area contributed by atoms with Crippen molar-refractivity contribution in [3.63, 3.8) is 0 Å². The molecule has 0 unspecified atom stereocenters. The lowest BCUT2D eigenvalue weighted by atomic mass is 9.78. The van der Waals surface area contributed by atoms with Gasteiger partial charge in [0.2, 0.25) is 10.0 Å². The van der Waals surface area contributed by atoms with Crippen molar-refractivity contribution in [2.75, 3.05) is 0 Å². The van der Waals surface area contributed by atoms with Crippen molar-refractivity contribution in [3.05, 3.63) is 36.4 Å². The summed E-state index contributed by atoms with van der Waals surface area (Å²) in [5.41, 5.74) is 0.706. The van der Waals surface area contributed by atoms with E-state index in [-0.39, 0.29) is 12.1 Å². The van der Waals surface area contributed by atoms with Crippen LogP contribution in [0.4, 0.5) is 0 Å². The zero-order chi connectivity index (χ0) is 23.1. The minimum Gasteiger partial charge on any atom is -0.399 e. The number of aromatic nitrogens is 3. The lowest BCUT2D eigenvalue weighted by Crippen LogP contribution is -2.41. The molecule has 1 aliphatic heterocycles. The summed E-state index contributed by atoms with van der Waals surface area (Å²) in [5.74, 6) is 0. The number of hydrogen-bond acceptors (Lipinski definition) is 6. The molecule has 2 aliphatic rings. The third kappa shape index (κ3) is 4.51. The number of rotatable bonds is 6. The molecule has 2 fully saturated rings. The van der Waals surface area contributed by atoms with E-state index in [2.05, 4.69) is 14.9 Å². The van der Waals surface area contributed by atoms with E-state index in [0.717, 1.165) is 36.7 Å². The minimum atomic E-state index is -3.65. The number of nitrogens with zero attached hydrogens (tertiary/aromatic N) is 3. The van der Waals surface area contributed by atoms with Gasteiger partial charge in [-0.25, -0.2) is 13.1 Å². The fraction of sp³-hybridized carbons (Fsp3) is 0.636. The number of benzene rings is 1. The number of nitrogens with one attached hydrogen (secondary N) is 1. The van der Waals surface area contributed by atoms with Crippen LogP contribution < -0.4 is 10.2 Å². The molecule has 174 valence electrons. The highest BCUT2D eigenvalue weighted by Gasteiger charge is 2.51. The monoisotopic (exact) mass is 460 g/mol. The molecule has 2 aromatic rings. The molecule has 0 spiro atoms. The second-order valence-electron chi connectivity index (χ2n) is 9.86. The fourth-order valence-electron chi connectivity index (χ4n) is 4.49. The Morgan fingerprint density at radius 2 is 1.78 bits per heavy atom. The van der Waals surface area contributed by atoms with E-state index in [1.54, 1.807) is 24.8 Å². The van der Waals surface area contributed by atoms with Gasteiger partial charge in [-0.3, -0.25) is 0 Å². The van der Waals surface area contributed by atoms with E-state index in [9.17, 15) is 8.42 Å². The summed E-state index contributed by atoms with van der Waals surface area (Å²) in [6.07, 6.45) is 7.50. The van der Waals surface area contributed by atoms with Gasteiger partial charge in [-0.15, -0.1) is 10.2 Å². The second kappa shape index (κ2) is 8.55. The van der Waals surface area contributed by atoms with E-state index in [0.29, 0.717) is 11.3 Å². The Labute approximate surface area is 191 Å². The van der Waals surface area contributed by atoms with Gasteiger partial charge in [-0.1, -0.05) is 19.1 Å². The highest BCUT2D eigenvalue weighted by atomic mass is 32.2. The molecular formula is C22H33BN4O4S. The summed E-state index contributed by atoms with van der Waals surface area (Å²) in [6.45, 7) is 9.99. The molecule has 4 rings (SSSR count). The maximum atomic E-state index is 13.3. The fourth-order valence-corrected chi connectivity index (χ4v) is 6.06. The van der Waals surface area contributed by atoms with Gasteiger partial charge in [0.25, 0.3) is 0 Å². The molecule has 10 heteroatoms. The van der Waals surface area contributed by atoms with Crippen LogP contribution in [-0.2, 0) is 25.8 Å². The maximum absolute atomic E-state index is 13.3. The Bertz CT molecular complexity index is 1040. The van der Waals surface area contributed by atoms with Gasteiger partial charge < -0.3 is 13.9 Å². The van der Waals surface area contributed by atoms with E-state index < -0.39 is 28.3 Å². The Morgan fingerprint density at radius 1 is 1.12 bits per heavy atom. The van der Waals surface area contributed by atoms with E-state index in [1.165, 1.54) is 0 Å². The van der Waals surface area contributed by atoms with Crippen molar-refractivity contribution < 1.29 is 17.7 Å². The molecule has 1 N–H and O–H groups in total. The summed E-state index contributed by atoms with van der Waals surface area (Å²) in [6, 6.07) is 5.48. The van der Waals surface area contributed by atoms with Crippen LogP contribution >= 0.6 is 0 Å². The third-order valence-electron chi connectivity index (χ3n) is 7.11. The summed E-state index contributed by atoms with van der Waals surface area (Å²) in [5, 5.41) is 7.76. The first-order valence-corrected chi connectivity index (χ1v) is 12.9. The molecule has 0 radical (unpaired) electrons. The second-order valence-corrected chi connectivity index (χ2v) is 11.5. The average molecular weight is 460 g/mol. The smallest absolute Gasteiger partial charge is 0.399 e. The van der Waals surface area contributed by atoms with Crippen LogP contribution in [0.25, 0.3) is 0 Å². The summed E-state index contributed by atoms with van der Waals surface area (Å²) >= 11 is 0. The van der Waals surface area contributed by atoms with Gasteiger partial charge in [0.05, 0.1) is 16.1 Å². The van der Waals surface area contributed by atoms with Crippen LogP contribution in [0.1, 0.15) is 71.9 Å². The Kier molecular flexibility index (Phi) is 6.26. The van der Waals surface area contributed by atoms with Gasteiger partial charge in [0.15, 0.2) is 0 Å². The van der Waals surface area contributed by atoms with Gasteiger partial charge in [-0.05, 0) is 76.9 Å². The number of sulfonamides is 1. The predicted octanol–water partition coefficient (Wildman–Crippen LogP) is 2.60. The molecule has 2 atom stereocenters. The van der Waals surface area contributed by atoms with Gasteiger partial charge >= 0.3 is 7.12 Å². The first kappa shape index (κ1) is 23.4. The van der Waals surface area contributed by atoms with Crippen molar-refractivity contribution in [2.45, 2.75) is 94.9 Å². The molecule has 0 bridgehead atoms. The number of aryl methyl sites for hydroxylation is 1. The molecule has 32 heavy (non-hydrogen) atoms. The van der Waals surface area contributed by atoms with Crippen molar-refractivity contribution in [1.29, 1.82) is 0 Å². The van der Waals surface area contributed by atoms with Gasteiger partial charge in [0.1, 0.15) is 12.7 Å². The molecule has 1 saturated carbocycles. The molecule has 0 amide bonds. The summed E-state index contributed by atoms with van der Waals surface area (Å²) < 4.78 is 43.8. The molecular weight excluding hydrogens is 427 g/mol. The molecule has 1 aromatic heterocycles. The molecule has 1 aliphatic carbocycles. The lowest BCUT2D eigenvalue weighted by Gasteiger charge is -2.32. The van der Waals surface area contributed by atoms with Crippen molar-refractivity contribution in [2.24, 2.45) is 0 Å². The Hall–Kier alpha value is -1.75.